The van der Waals surface area contributed by atoms with Crippen LogP contribution in [-0.2, 0) is 11.2 Å². The normalized spacial score (nSPS) is 12.4. The Bertz CT molecular complexity index is 836. The number of rotatable bonds is 2. The van der Waals surface area contributed by atoms with Crippen LogP contribution in [0.2, 0.25) is 0 Å². The molecule has 5 heteroatoms. The summed E-state index contributed by atoms with van der Waals surface area (Å²) in [6, 6.07) is 14.1. The largest absolute Gasteiger partial charge is 0.322 e. The molecule has 114 valence electrons. The number of benzene rings is 2. The second-order valence-corrected chi connectivity index (χ2v) is 5.41. The number of amides is 2. The third kappa shape index (κ3) is 2.92. The predicted molar refractivity (Wildman–Crippen MR) is 87.3 cm³/mol. The Labute approximate surface area is 134 Å². The van der Waals surface area contributed by atoms with E-state index in [0.29, 0.717) is 23.4 Å². The van der Waals surface area contributed by atoms with Crippen molar-refractivity contribution in [1.82, 2.24) is 0 Å². The van der Waals surface area contributed by atoms with Gasteiger partial charge in [-0.2, -0.15) is 5.26 Å². The van der Waals surface area contributed by atoms with Crippen LogP contribution >= 0.6 is 0 Å². The molecule has 0 aliphatic carbocycles. The first kappa shape index (κ1) is 14.8. The molecule has 0 bridgehead atoms. The van der Waals surface area contributed by atoms with Gasteiger partial charge in [-0.15, -0.1) is 0 Å². The summed E-state index contributed by atoms with van der Waals surface area (Å²) >= 11 is 0. The number of carbonyl (C=O) groups excluding carboxylic acids is 2. The molecular weight excluding hydrogens is 290 g/mol. The number of nitrogens with one attached hydrogen (secondary N) is 1. The highest BCUT2D eigenvalue weighted by Crippen LogP contribution is 2.31. The first-order valence-corrected chi connectivity index (χ1v) is 7.31. The van der Waals surface area contributed by atoms with E-state index in [2.05, 4.69) is 5.32 Å². The highest BCUT2D eigenvalue weighted by Gasteiger charge is 2.22. The van der Waals surface area contributed by atoms with Crippen LogP contribution in [0.1, 0.15) is 28.4 Å². The van der Waals surface area contributed by atoms with E-state index in [9.17, 15) is 9.59 Å². The first-order valence-electron chi connectivity index (χ1n) is 7.31. The van der Waals surface area contributed by atoms with Gasteiger partial charge in [0.1, 0.15) is 0 Å². The molecule has 1 aliphatic heterocycles. The number of anilines is 2. The lowest BCUT2D eigenvalue weighted by molar-refractivity contribution is -0.116. The topological polar surface area (TPSA) is 73.2 Å². The Morgan fingerprint density at radius 1 is 1.22 bits per heavy atom. The monoisotopic (exact) mass is 305 g/mol. The van der Waals surface area contributed by atoms with E-state index >= 15 is 0 Å². The van der Waals surface area contributed by atoms with E-state index in [4.69, 9.17) is 5.26 Å². The van der Waals surface area contributed by atoms with Crippen molar-refractivity contribution >= 4 is 23.2 Å². The Hall–Kier alpha value is -3.13. The van der Waals surface area contributed by atoms with Crippen LogP contribution in [0.15, 0.2) is 42.5 Å². The molecule has 0 radical (unpaired) electrons. The Kier molecular flexibility index (Phi) is 3.82. The summed E-state index contributed by atoms with van der Waals surface area (Å²) in [6.45, 7) is 2.21. The third-order valence-electron chi connectivity index (χ3n) is 3.87. The zero-order valence-electron chi connectivity index (χ0n) is 12.7. The SMILES string of the molecule is CC(=O)N1CCc2ccc(NC(=O)c3cccc(C#N)c3)cc21. The Morgan fingerprint density at radius 2 is 2.04 bits per heavy atom. The molecule has 2 aromatic carbocycles. The summed E-state index contributed by atoms with van der Waals surface area (Å²) in [6.07, 6.45) is 0.827. The number of hydrogen-bond acceptors (Lipinski definition) is 3. The molecule has 0 atom stereocenters. The van der Waals surface area contributed by atoms with Gasteiger partial charge >= 0.3 is 0 Å². The van der Waals surface area contributed by atoms with Crippen LogP contribution in [0, 0.1) is 11.3 Å². The van der Waals surface area contributed by atoms with Crippen molar-refractivity contribution in [3.05, 3.63) is 59.2 Å². The van der Waals surface area contributed by atoms with Crippen molar-refractivity contribution < 1.29 is 9.59 Å². The maximum atomic E-state index is 12.3. The number of carbonyl (C=O) groups is 2. The van der Waals surface area contributed by atoms with Gasteiger partial charge in [-0.1, -0.05) is 12.1 Å². The van der Waals surface area contributed by atoms with E-state index < -0.39 is 0 Å². The molecule has 0 fully saturated rings. The van der Waals surface area contributed by atoms with Crippen LogP contribution in [0.5, 0.6) is 0 Å². The first-order chi connectivity index (χ1) is 11.1. The zero-order chi connectivity index (χ0) is 16.4. The van der Waals surface area contributed by atoms with Crippen LogP contribution in [0.4, 0.5) is 11.4 Å². The molecule has 23 heavy (non-hydrogen) atoms. The molecule has 1 heterocycles. The zero-order valence-corrected chi connectivity index (χ0v) is 12.7. The van der Waals surface area contributed by atoms with Gasteiger partial charge in [-0.05, 0) is 42.3 Å². The van der Waals surface area contributed by atoms with Gasteiger partial charge in [0.05, 0.1) is 11.6 Å². The third-order valence-corrected chi connectivity index (χ3v) is 3.87. The number of fused-ring (bicyclic) bond motifs is 1. The van der Waals surface area contributed by atoms with Crippen molar-refractivity contribution in [3.8, 4) is 6.07 Å². The molecule has 2 amide bonds. The lowest BCUT2D eigenvalue weighted by Crippen LogP contribution is -2.25. The van der Waals surface area contributed by atoms with Gasteiger partial charge < -0.3 is 10.2 Å². The van der Waals surface area contributed by atoms with Crippen molar-refractivity contribution in [1.29, 1.82) is 5.26 Å². The minimum Gasteiger partial charge on any atom is -0.322 e. The molecular formula is C18H15N3O2. The van der Waals surface area contributed by atoms with E-state index in [1.807, 2.05) is 24.3 Å². The second kappa shape index (κ2) is 5.93. The maximum Gasteiger partial charge on any atom is 0.255 e. The van der Waals surface area contributed by atoms with E-state index in [-0.39, 0.29) is 11.8 Å². The molecule has 5 nitrogen and oxygen atoms in total. The molecule has 3 rings (SSSR count). The average molecular weight is 305 g/mol. The van der Waals surface area contributed by atoms with Crippen molar-refractivity contribution in [3.63, 3.8) is 0 Å². The van der Waals surface area contributed by atoms with Gasteiger partial charge in [0.2, 0.25) is 5.91 Å². The minimum atomic E-state index is -0.283. The van der Waals surface area contributed by atoms with E-state index in [0.717, 1.165) is 17.7 Å². The summed E-state index contributed by atoms with van der Waals surface area (Å²) in [5.41, 5.74) is 3.44. The fourth-order valence-corrected chi connectivity index (χ4v) is 2.72. The minimum absolute atomic E-state index is 0.00560. The molecule has 0 saturated heterocycles. The molecule has 0 saturated carbocycles. The Morgan fingerprint density at radius 3 is 2.78 bits per heavy atom. The number of nitrogens with zero attached hydrogens (tertiary/aromatic N) is 2. The lowest BCUT2D eigenvalue weighted by Gasteiger charge is -2.16. The molecule has 2 aromatic rings. The fraction of sp³-hybridized carbons (Fsp3) is 0.167. The lowest BCUT2D eigenvalue weighted by atomic mass is 10.1. The smallest absolute Gasteiger partial charge is 0.255 e. The van der Waals surface area contributed by atoms with Gasteiger partial charge in [0.15, 0.2) is 0 Å². The van der Waals surface area contributed by atoms with Crippen LogP contribution in [-0.4, -0.2) is 18.4 Å². The maximum absolute atomic E-state index is 12.3. The molecule has 1 N–H and O–H groups in total. The molecule has 0 spiro atoms. The van der Waals surface area contributed by atoms with Crippen molar-refractivity contribution in [2.75, 3.05) is 16.8 Å². The Balaban J connectivity index is 1.84. The highest BCUT2D eigenvalue weighted by molar-refractivity contribution is 6.05. The standard InChI is InChI=1S/C18H15N3O2/c1-12(22)21-8-7-14-5-6-16(10-17(14)21)20-18(23)15-4-2-3-13(9-15)11-19/h2-6,9-10H,7-8H2,1H3,(H,20,23). The predicted octanol–water partition coefficient (Wildman–Crippen LogP) is 2.72. The van der Waals surface area contributed by atoms with Crippen LogP contribution < -0.4 is 10.2 Å². The fourth-order valence-electron chi connectivity index (χ4n) is 2.72. The summed E-state index contributed by atoms with van der Waals surface area (Å²) < 4.78 is 0. The summed E-state index contributed by atoms with van der Waals surface area (Å²) in [5, 5.41) is 11.7. The summed E-state index contributed by atoms with van der Waals surface area (Å²) in [4.78, 5) is 25.6. The van der Waals surface area contributed by atoms with Crippen molar-refractivity contribution in [2.24, 2.45) is 0 Å². The van der Waals surface area contributed by atoms with Gasteiger partial charge in [-0.3, -0.25) is 9.59 Å². The molecule has 0 unspecified atom stereocenters. The van der Waals surface area contributed by atoms with E-state index in [1.165, 1.54) is 6.92 Å². The second-order valence-electron chi connectivity index (χ2n) is 5.41. The summed E-state index contributed by atoms with van der Waals surface area (Å²) in [7, 11) is 0. The number of nitriles is 1. The highest BCUT2D eigenvalue weighted by atomic mass is 16.2. The van der Waals surface area contributed by atoms with Gasteiger partial charge in [0, 0.05) is 30.4 Å². The molecule has 1 aliphatic rings. The van der Waals surface area contributed by atoms with Crippen molar-refractivity contribution in [2.45, 2.75) is 13.3 Å². The van der Waals surface area contributed by atoms with Crippen LogP contribution in [0.3, 0.4) is 0 Å². The van der Waals surface area contributed by atoms with Crippen LogP contribution in [0.25, 0.3) is 0 Å². The molecule has 0 aromatic heterocycles. The van der Waals surface area contributed by atoms with E-state index in [1.54, 1.807) is 29.2 Å². The number of hydrogen-bond donors (Lipinski definition) is 1. The van der Waals surface area contributed by atoms with Gasteiger partial charge in [0.25, 0.3) is 5.91 Å². The summed E-state index contributed by atoms with van der Waals surface area (Å²) in [5.74, 6) is -0.289. The quantitative estimate of drug-likeness (QED) is 0.927. The average Bonchev–Trinajstić information content (AvgIpc) is 2.98. The van der Waals surface area contributed by atoms with Gasteiger partial charge in [-0.25, -0.2) is 0 Å².